The Bertz CT molecular complexity index is 746. The number of hydrogen-bond acceptors (Lipinski definition) is 5. The monoisotopic (exact) mass is 314 g/mol. The second kappa shape index (κ2) is 4.08. The van der Waals surface area contributed by atoms with Crippen LogP contribution in [0.2, 0.25) is 0 Å². The van der Waals surface area contributed by atoms with Crippen molar-refractivity contribution < 1.29 is 14.9 Å². The zero-order valence-corrected chi connectivity index (χ0v) is 13.5. The van der Waals surface area contributed by atoms with Gasteiger partial charge in [0.1, 0.15) is 6.10 Å². The molecule has 4 atom stereocenters. The number of likely N-dealkylation sites (N-methyl/N-ethyl adjacent to an activating group) is 1. The first-order chi connectivity index (χ1) is 11.0. The van der Waals surface area contributed by atoms with Gasteiger partial charge in [0.15, 0.2) is 11.5 Å². The highest BCUT2D eigenvalue weighted by Gasteiger charge is 2.72. The zero-order chi connectivity index (χ0) is 16.0. The van der Waals surface area contributed by atoms with Crippen molar-refractivity contribution in [3.8, 4) is 11.5 Å². The summed E-state index contributed by atoms with van der Waals surface area (Å²) < 4.78 is 6.25. The van der Waals surface area contributed by atoms with Crippen molar-refractivity contribution in [2.24, 2.45) is 4.99 Å². The fourth-order valence-electron chi connectivity index (χ4n) is 5.78. The summed E-state index contributed by atoms with van der Waals surface area (Å²) in [7, 11) is 3.91. The molecule has 2 fully saturated rings. The molecular weight excluding hydrogens is 292 g/mol. The van der Waals surface area contributed by atoms with Crippen LogP contribution in [0.4, 0.5) is 0 Å². The minimum Gasteiger partial charge on any atom is -0.504 e. The molecule has 0 amide bonds. The lowest BCUT2D eigenvalue weighted by Crippen LogP contribution is -2.76. The normalized spacial score (nSPS) is 42.5. The lowest BCUT2D eigenvalue weighted by atomic mass is 9.49. The van der Waals surface area contributed by atoms with Crippen molar-refractivity contribution >= 4 is 5.71 Å². The largest absolute Gasteiger partial charge is 0.504 e. The van der Waals surface area contributed by atoms with Gasteiger partial charge in [0.2, 0.25) is 0 Å². The van der Waals surface area contributed by atoms with Crippen LogP contribution >= 0.6 is 0 Å². The average molecular weight is 314 g/mol. The van der Waals surface area contributed by atoms with E-state index in [4.69, 9.17) is 4.74 Å². The first-order valence-electron chi connectivity index (χ1n) is 8.43. The van der Waals surface area contributed by atoms with Gasteiger partial charge in [-0.2, -0.15) is 0 Å². The third-order valence-corrected chi connectivity index (χ3v) is 6.83. The molecule has 1 aromatic carbocycles. The van der Waals surface area contributed by atoms with Gasteiger partial charge in [-0.3, -0.25) is 4.99 Å². The van der Waals surface area contributed by atoms with E-state index in [1.54, 1.807) is 13.1 Å². The molecule has 5 heteroatoms. The Morgan fingerprint density at radius 1 is 1.35 bits per heavy atom. The summed E-state index contributed by atoms with van der Waals surface area (Å²) >= 11 is 0. The van der Waals surface area contributed by atoms with Crippen molar-refractivity contribution in [2.75, 3.05) is 20.6 Å². The van der Waals surface area contributed by atoms with Crippen LogP contribution < -0.4 is 4.74 Å². The summed E-state index contributed by atoms with van der Waals surface area (Å²) in [4.78, 5) is 6.76. The summed E-state index contributed by atoms with van der Waals surface area (Å²) in [5.74, 6) is 0.764. The fraction of sp³-hybridized carbons (Fsp3) is 0.611. The van der Waals surface area contributed by atoms with Crippen LogP contribution in [0, 0.1) is 0 Å². The standard InChI is InChI=1S/C18H22N2O3/c1-19-11-5-6-18(22)13-9-10-3-4-12(21)15-14(10)17(18,16(11)23-15)7-8-20(13)2/h3-4,13,16,21-22H,5-9H2,1-2H3/t13-,16?,17+,18-/m1/s1. The number of ether oxygens (including phenoxy) is 1. The second-order valence-electron chi connectivity index (χ2n) is 7.51. The summed E-state index contributed by atoms with van der Waals surface area (Å²) in [5.41, 5.74) is 2.00. The molecule has 23 heavy (non-hydrogen) atoms. The number of rotatable bonds is 0. The molecule has 2 bridgehead atoms. The minimum atomic E-state index is -0.815. The van der Waals surface area contributed by atoms with Crippen molar-refractivity contribution in [3.63, 3.8) is 0 Å². The van der Waals surface area contributed by atoms with Crippen LogP contribution in [0.15, 0.2) is 17.1 Å². The predicted molar refractivity (Wildman–Crippen MR) is 86.5 cm³/mol. The SMILES string of the molecule is CN=C1CC[C@@]2(O)[C@H]3Cc4ccc(O)c5c4[C@@]2(CCN3C)C1O5. The molecule has 0 radical (unpaired) electrons. The first-order valence-corrected chi connectivity index (χ1v) is 8.43. The van der Waals surface area contributed by atoms with E-state index in [0.717, 1.165) is 37.1 Å². The zero-order valence-electron chi connectivity index (χ0n) is 13.5. The highest BCUT2D eigenvalue weighted by atomic mass is 16.5. The highest BCUT2D eigenvalue weighted by molar-refractivity contribution is 5.94. The number of piperidine rings is 1. The summed E-state index contributed by atoms with van der Waals surface area (Å²) in [6, 6.07) is 3.83. The van der Waals surface area contributed by atoms with Crippen molar-refractivity contribution in [3.05, 3.63) is 23.3 Å². The predicted octanol–water partition coefficient (Wildman–Crippen LogP) is 1.25. The third-order valence-electron chi connectivity index (χ3n) is 6.83. The minimum absolute atomic E-state index is 0.101. The topological polar surface area (TPSA) is 65.3 Å². The van der Waals surface area contributed by atoms with Gasteiger partial charge >= 0.3 is 0 Å². The number of aliphatic imine (C=N–C) groups is 1. The Morgan fingerprint density at radius 2 is 2.17 bits per heavy atom. The molecule has 2 heterocycles. The Hall–Kier alpha value is -1.59. The molecule has 0 aromatic heterocycles. The van der Waals surface area contributed by atoms with Crippen LogP contribution in [0.25, 0.3) is 0 Å². The fourth-order valence-corrected chi connectivity index (χ4v) is 5.78. The quantitative estimate of drug-likeness (QED) is 0.756. The molecule has 2 aliphatic carbocycles. The van der Waals surface area contributed by atoms with Gasteiger partial charge in [-0.15, -0.1) is 0 Å². The molecule has 2 N–H and O–H groups in total. The molecule has 5 nitrogen and oxygen atoms in total. The number of aromatic hydroxyl groups is 1. The van der Waals surface area contributed by atoms with E-state index in [-0.39, 0.29) is 17.9 Å². The van der Waals surface area contributed by atoms with E-state index in [1.807, 2.05) is 6.07 Å². The number of likely N-dealkylation sites (tertiary alicyclic amines) is 1. The van der Waals surface area contributed by atoms with Gasteiger partial charge in [-0.25, -0.2) is 0 Å². The van der Waals surface area contributed by atoms with E-state index in [1.165, 1.54) is 5.56 Å². The average Bonchev–Trinajstić information content (AvgIpc) is 2.89. The number of hydrogen-bond donors (Lipinski definition) is 2. The smallest absolute Gasteiger partial charge is 0.166 e. The van der Waals surface area contributed by atoms with Gasteiger partial charge in [-0.1, -0.05) is 6.07 Å². The second-order valence-corrected chi connectivity index (χ2v) is 7.51. The van der Waals surface area contributed by atoms with Gasteiger partial charge in [0.05, 0.1) is 16.7 Å². The van der Waals surface area contributed by atoms with E-state index < -0.39 is 11.0 Å². The van der Waals surface area contributed by atoms with Gasteiger partial charge in [0.25, 0.3) is 0 Å². The molecule has 122 valence electrons. The number of aliphatic hydroxyl groups is 1. The number of phenols is 1. The maximum atomic E-state index is 11.8. The molecule has 1 saturated heterocycles. The van der Waals surface area contributed by atoms with Crippen LogP contribution in [0.3, 0.4) is 0 Å². The summed E-state index contributed by atoms with van der Waals surface area (Å²) in [6.45, 7) is 0.929. The van der Waals surface area contributed by atoms with Crippen molar-refractivity contribution in [1.82, 2.24) is 4.90 Å². The van der Waals surface area contributed by atoms with Crippen LogP contribution in [-0.2, 0) is 11.8 Å². The Morgan fingerprint density at radius 3 is 2.96 bits per heavy atom. The van der Waals surface area contributed by atoms with E-state index in [2.05, 4.69) is 16.9 Å². The number of phenolic OH excluding ortho intramolecular Hbond substituents is 1. The first kappa shape index (κ1) is 13.8. The molecular formula is C18H22N2O3. The maximum absolute atomic E-state index is 11.8. The summed E-state index contributed by atoms with van der Waals surface area (Å²) in [5, 5.41) is 22.2. The molecule has 2 aliphatic heterocycles. The number of benzene rings is 1. The summed E-state index contributed by atoms with van der Waals surface area (Å²) in [6.07, 6.45) is 2.87. The Balaban J connectivity index is 1.86. The number of nitrogens with zero attached hydrogens (tertiary/aromatic N) is 2. The molecule has 4 aliphatic rings. The highest BCUT2D eigenvalue weighted by Crippen LogP contribution is 2.64. The van der Waals surface area contributed by atoms with Crippen LogP contribution in [0.5, 0.6) is 11.5 Å². The molecule has 1 unspecified atom stereocenters. The van der Waals surface area contributed by atoms with Crippen molar-refractivity contribution in [1.29, 1.82) is 0 Å². The Kier molecular flexibility index (Phi) is 2.45. The van der Waals surface area contributed by atoms with Gasteiger partial charge in [0, 0.05) is 18.7 Å². The van der Waals surface area contributed by atoms with Gasteiger partial charge < -0.3 is 19.8 Å². The molecule has 1 aromatic rings. The van der Waals surface area contributed by atoms with Crippen LogP contribution in [-0.4, -0.2) is 59.2 Å². The van der Waals surface area contributed by atoms with Gasteiger partial charge in [-0.05, 0) is 50.9 Å². The molecule has 1 spiro atoms. The molecule has 5 rings (SSSR count). The van der Waals surface area contributed by atoms with Crippen LogP contribution in [0.1, 0.15) is 30.4 Å². The molecule has 1 saturated carbocycles. The maximum Gasteiger partial charge on any atom is 0.166 e. The van der Waals surface area contributed by atoms with Crippen molar-refractivity contribution in [2.45, 2.75) is 48.8 Å². The third kappa shape index (κ3) is 1.32. The van der Waals surface area contributed by atoms with E-state index >= 15 is 0 Å². The Labute approximate surface area is 135 Å². The van der Waals surface area contributed by atoms with E-state index in [9.17, 15) is 10.2 Å². The van der Waals surface area contributed by atoms with E-state index in [0.29, 0.717) is 12.2 Å². The lowest BCUT2D eigenvalue weighted by molar-refractivity contribution is -0.160. The lowest BCUT2D eigenvalue weighted by Gasteiger charge is -2.62.